The predicted molar refractivity (Wildman–Crippen MR) is 91.3 cm³/mol. The fourth-order valence-electron chi connectivity index (χ4n) is 1.77. The minimum Gasteiger partial charge on any atom is -0.493 e. The van der Waals surface area contributed by atoms with Crippen molar-refractivity contribution in [3.8, 4) is 11.5 Å². The van der Waals surface area contributed by atoms with Gasteiger partial charge < -0.3 is 19.5 Å². The number of hydrogen-bond donors (Lipinski definition) is 2. The second-order valence-corrected chi connectivity index (χ2v) is 4.82. The van der Waals surface area contributed by atoms with Crippen LogP contribution in [0.3, 0.4) is 0 Å². The number of benzene rings is 1. The molecule has 0 saturated carbocycles. The van der Waals surface area contributed by atoms with E-state index in [1.807, 2.05) is 12.2 Å². The van der Waals surface area contributed by atoms with Crippen LogP contribution in [0.2, 0.25) is 0 Å². The predicted octanol–water partition coefficient (Wildman–Crippen LogP) is 1.49. The van der Waals surface area contributed by atoms with Crippen molar-refractivity contribution in [1.82, 2.24) is 10.6 Å². The summed E-state index contributed by atoms with van der Waals surface area (Å²) >= 11 is 0. The van der Waals surface area contributed by atoms with Crippen LogP contribution < -0.4 is 20.1 Å². The molecule has 0 fully saturated rings. The summed E-state index contributed by atoms with van der Waals surface area (Å²) in [6, 6.07) is 4.51. The summed E-state index contributed by atoms with van der Waals surface area (Å²) in [5.41, 5.74) is 0.694. The number of esters is 1. The summed E-state index contributed by atoms with van der Waals surface area (Å²) in [5, 5.41) is 4.25. The summed E-state index contributed by atoms with van der Waals surface area (Å²) in [6.45, 7) is 3.74. The molecule has 1 atom stereocenters. The molecule has 1 aromatic carbocycles. The van der Waals surface area contributed by atoms with Crippen molar-refractivity contribution in [1.29, 1.82) is 0 Å². The van der Waals surface area contributed by atoms with Gasteiger partial charge in [0.1, 0.15) is 0 Å². The summed E-state index contributed by atoms with van der Waals surface area (Å²) < 4.78 is 15.6. The second kappa shape index (κ2) is 9.96. The highest BCUT2D eigenvalue weighted by molar-refractivity contribution is 5.97. The number of ether oxygens (including phenoxy) is 3. The Balaban J connectivity index is 2.67. The molecule has 8 nitrogen and oxygen atoms in total. The fourth-order valence-corrected chi connectivity index (χ4v) is 1.77. The maximum atomic E-state index is 11.8. The van der Waals surface area contributed by atoms with Crippen molar-refractivity contribution < 1.29 is 28.6 Å². The molecule has 0 bridgehead atoms. The van der Waals surface area contributed by atoms with Gasteiger partial charge in [0.15, 0.2) is 17.6 Å². The van der Waals surface area contributed by atoms with E-state index in [2.05, 4.69) is 5.32 Å². The first-order chi connectivity index (χ1) is 11.9. The van der Waals surface area contributed by atoms with E-state index in [9.17, 15) is 14.4 Å². The first kappa shape index (κ1) is 20.0. The molecule has 136 valence electrons. The number of carbonyl (C=O) groups excluding carboxylic acids is 3. The Bertz CT molecular complexity index is 657. The van der Waals surface area contributed by atoms with Crippen LogP contribution >= 0.6 is 0 Å². The quantitative estimate of drug-likeness (QED) is 0.570. The summed E-state index contributed by atoms with van der Waals surface area (Å²) in [6.07, 6.45) is 1.59. The van der Waals surface area contributed by atoms with E-state index in [1.54, 1.807) is 18.2 Å². The molecule has 3 amide bonds. The lowest BCUT2D eigenvalue weighted by Gasteiger charge is -2.11. The third-order valence-electron chi connectivity index (χ3n) is 3.03. The third kappa shape index (κ3) is 6.54. The number of amides is 3. The Morgan fingerprint density at radius 1 is 1.24 bits per heavy atom. The van der Waals surface area contributed by atoms with E-state index in [0.29, 0.717) is 23.7 Å². The molecule has 0 aromatic heterocycles. The molecule has 0 spiro atoms. The van der Waals surface area contributed by atoms with Crippen LogP contribution in [-0.2, 0) is 14.3 Å². The van der Waals surface area contributed by atoms with Crippen LogP contribution in [0.4, 0.5) is 4.79 Å². The molecule has 0 aliphatic heterocycles. The van der Waals surface area contributed by atoms with Gasteiger partial charge in [0.25, 0.3) is 5.91 Å². The van der Waals surface area contributed by atoms with Gasteiger partial charge in [-0.25, -0.2) is 9.59 Å². The standard InChI is InChI=1S/C17H22N2O6/c1-5-24-13-8-6-12(10-14(13)23-4)7-9-15(20)25-11(2)16(21)19-17(22)18-3/h6-11H,5H2,1-4H3,(H2,18,19,21,22)/b9-7+/t11-/m0/s1. The largest absolute Gasteiger partial charge is 0.493 e. The molecule has 0 aliphatic carbocycles. The van der Waals surface area contributed by atoms with Gasteiger partial charge in [-0.15, -0.1) is 0 Å². The zero-order chi connectivity index (χ0) is 18.8. The van der Waals surface area contributed by atoms with Crippen molar-refractivity contribution in [3.63, 3.8) is 0 Å². The number of carbonyl (C=O) groups is 3. The maximum Gasteiger partial charge on any atom is 0.331 e. The van der Waals surface area contributed by atoms with Crippen molar-refractivity contribution >= 4 is 24.0 Å². The number of rotatable bonds is 7. The first-order valence-electron chi connectivity index (χ1n) is 7.63. The Hall–Kier alpha value is -3.03. The first-order valence-corrected chi connectivity index (χ1v) is 7.63. The normalized spacial score (nSPS) is 11.5. The number of hydrogen-bond acceptors (Lipinski definition) is 6. The molecule has 25 heavy (non-hydrogen) atoms. The van der Waals surface area contributed by atoms with Crippen LogP contribution in [0.5, 0.6) is 11.5 Å². The number of methoxy groups -OCH3 is 1. The van der Waals surface area contributed by atoms with Gasteiger partial charge in [-0.05, 0) is 37.6 Å². The van der Waals surface area contributed by atoms with Gasteiger partial charge in [0.2, 0.25) is 0 Å². The molecule has 0 heterocycles. The average molecular weight is 350 g/mol. The lowest BCUT2D eigenvalue weighted by atomic mass is 10.2. The van der Waals surface area contributed by atoms with E-state index in [-0.39, 0.29) is 0 Å². The van der Waals surface area contributed by atoms with Crippen LogP contribution in [0.15, 0.2) is 24.3 Å². The number of nitrogens with one attached hydrogen (secondary N) is 2. The van der Waals surface area contributed by atoms with Gasteiger partial charge in [0, 0.05) is 13.1 Å². The van der Waals surface area contributed by atoms with E-state index in [0.717, 1.165) is 0 Å². The molecule has 1 rings (SSSR count). The highest BCUT2D eigenvalue weighted by Gasteiger charge is 2.18. The lowest BCUT2D eigenvalue weighted by Crippen LogP contribution is -2.43. The van der Waals surface area contributed by atoms with Crippen LogP contribution in [0.1, 0.15) is 19.4 Å². The minimum atomic E-state index is -1.11. The van der Waals surface area contributed by atoms with Crippen molar-refractivity contribution in [2.24, 2.45) is 0 Å². The summed E-state index contributed by atoms with van der Waals surface area (Å²) in [5.74, 6) is -0.295. The zero-order valence-electron chi connectivity index (χ0n) is 14.6. The molecule has 0 saturated heterocycles. The number of urea groups is 1. The smallest absolute Gasteiger partial charge is 0.331 e. The van der Waals surface area contributed by atoms with Crippen LogP contribution in [0.25, 0.3) is 6.08 Å². The van der Waals surface area contributed by atoms with Gasteiger partial charge in [0.05, 0.1) is 13.7 Å². The van der Waals surface area contributed by atoms with Crippen LogP contribution in [-0.4, -0.2) is 44.8 Å². The Morgan fingerprint density at radius 3 is 2.56 bits per heavy atom. The lowest BCUT2D eigenvalue weighted by molar-refractivity contribution is -0.149. The van der Waals surface area contributed by atoms with E-state index < -0.39 is 24.0 Å². The zero-order valence-corrected chi connectivity index (χ0v) is 14.6. The van der Waals surface area contributed by atoms with E-state index >= 15 is 0 Å². The second-order valence-electron chi connectivity index (χ2n) is 4.82. The maximum absolute atomic E-state index is 11.8. The Labute approximate surface area is 146 Å². The summed E-state index contributed by atoms with van der Waals surface area (Å²) in [4.78, 5) is 34.4. The van der Waals surface area contributed by atoms with Gasteiger partial charge in [-0.3, -0.25) is 10.1 Å². The van der Waals surface area contributed by atoms with Crippen molar-refractivity contribution in [3.05, 3.63) is 29.8 Å². The molecule has 0 unspecified atom stereocenters. The minimum absolute atomic E-state index is 0.508. The molecule has 1 aromatic rings. The van der Waals surface area contributed by atoms with Gasteiger partial charge in [-0.2, -0.15) is 0 Å². The van der Waals surface area contributed by atoms with Gasteiger partial charge >= 0.3 is 12.0 Å². The Morgan fingerprint density at radius 2 is 1.96 bits per heavy atom. The fraction of sp³-hybridized carbons (Fsp3) is 0.353. The molecule has 8 heteroatoms. The summed E-state index contributed by atoms with van der Waals surface area (Å²) in [7, 11) is 2.89. The highest BCUT2D eigenvalue weighted by Crippen LogP contribution is 2.28. The molecule has 2 N–H and O–H groups in total. The van der Waals surface area contributed by atoms with Crippen molar-refractivity contribution in [2.45, 2.75) is 20.0 Å². The third-order valence-corrected chi connectivity index (χ3v) is 3.03. The molecule has 0 aliphatic rings. The average Bonchev–Trinajstić information content (AvgIpc) is 2.60. The molecular weight excluding hydrogens is 328 g/mol. The number of imide groups is 1. The van der Waals surface area contributed by atoms with Gasteiger partial charge in [-0.1, -0.05) is 6.07 Å². The van der Waals surface area contributed by atoms with E-state index in [4.69, 9.17) is 14.2 Å². The molecule has 0 radical (unpaired) electrons. The topological polar surface area (TPSA) is 103 Å². The van der Waals surface area contributed by atoms with Crippen molar-refractivity contribution in [2.75, 3.05) is 20.8 Å². The Kier molecular flexibility index (Phi) is 7.98. The van der Waals surface area contributed by atoms with Crippen LogP contribution in [0, 0.1) is 0 Å². The highest BCUT2D eigenvalue weighted by atomic mass is 16.5. The monoisotopic (exact) mass is 350 g/mol. The molecular formula is C17H22N2O6. The SMILES string of the molecule is CCOc1ccc(/C=C/C(=O)O[C@@H](C)C(=O)NC(=O)NC)cc1OC. The van der Waals surface area contributed by atoms with E-state index in [1.165, 1.54) is 33.2 Å².